The lowest BCUT2D eigenvalue weighted by Gasteiger charge is -2.14. The van der Waals surface area contributed by atoms with Crippen molar-refractivity contribution in [3.63, 3.8) is 0 Å². The lowest BCUT2D eigenvalue weighted by Crippen LogP contribution is -2.30. The van der Waals surface area contributed by atoms with Gasteiger partial charge in [-0.25, -0.2) is 9.69 Å². The molecule has 2 rings (SSSR count). The van der Waals surface area contributed by atoms with Gasteiger partial charge < -0.3 is 10.6 Å². The van der Waals surface area contributed by atoms with Crippen LogP contribution in [0.3, 0.4) is 0 Å². The number of carbonyl (C=O) groups excluding carboxylic acids is 2. The first-order valence-electron chi connectivity index (χ1n) is 6.48. The van der Waals surface area contributed by atoms with Crippen LogP contribution >= 0.6 is 0 Å². The summed E-state index contributed by atoms with van der Waals surface area (Å²) >= 11 is 0. The second-order valence-electron chi connectivity index (χ2n) is 4.61. The summed E-state index contributed by atoms with van der Waals surface area (Å²) in [6, 6.07) is 10.0. The summed E-state index contributed by atoms with van der Waals surface area (Å²) in [6.07, 6.45) is 0. The van der Waals surface area contributed by atoms with Crippen LogP contribution in [0.2, 0.25) is 0 Å². The van der Waals surface area contributed by atoms with E-state index in [1.54, 1.807) is 43.3 Å². The molecule has 112 valence electrons. The molecule has 1 fully saturated rings. The lowest BCUT2D eigenvalue weighted by molar-refractivity contribution is -0.117. The maximum absolute atomic E-state index is 12.0. The number of urea groups is 1. The maximum atomic E-state index is 12.0. The summed E-state index contributed by atoms with van der Waals surface area (Å²) in [5.74, 6) is -0.391. The Bertz CT molecular complexity index is 821. The lowest BCUT2D eigenvalue weighted by atomic mass is 10.2. The molecular formula is C15H10N6O2. The molecule has 8 nitrogen and oxygen atoms in total. The number of nitriles is 3. The second-order valence-corrected chi connectivity index (χ2v) is 4.61. The fourth-order valence-corrected chi connectivity index (χ4v) is 2.00. The van der Waals surface area contributed by atoms with Crippen LogP contribution in [0.1, 0.15) is 6.92 Å². The monoisotopic (exact) mass is 306 g/mol. The molecule has 8 heteroatoms. The summed E-state index contributed by atoms with van der Waals surface area (Å²) in [5.41, 5.74) is 0.107. The molecule has 1 heterocycles. The van der Waals surface area contributed by atoms with Crippen LogP contribution in [0, 0.1) is 34.0 Å². The molecule has 3 amide bonds. The average molecular weight is 306 g/mol. The Morgan fingerprint density at radius 2 is 1.91 bits per heavy atom. The largest absolute Gasteiger partial charge is 0.345 e. The molecule has 0 bridgehead atoms. The van der Waals surface area contributed by atoms with Crippen LogP contribution < -0.4 is 15.5 Å². The van der Waals surface area contributed by atoms with E-state index in [1.807, 2.05) is 0 Å². The zero-order valence-electron chi connectivity index (χ0n) is 12.0. The summed E-state index contributed by atoms with van der Waals surface area (Å²) in [4.78, 5) is 24.8. The third-order valence-corrected chi connectivity index (χ3v) is 3.09. The van der Waals surface area contributed by atoms with E-state index < -0.39 is 18.0 Å². The number of allylic oxidation sites excluding steroid dienone is 2. The van der Waals surface area contributed by atoms with E-state index in [-0.39, 0.29) is 11.3 Å². The Balaban J connectivity index is 2.36. The molecule has 1 atom stereocenters. The Morgan fingerprint density at radius 1 is 1.22 bits per heavy atom. The van der Waals surface area contributed by atoms with Crippen molar-refractivity contribution in [2.75, 3.05) is 10.2 Å². The first kappa shape index (κ1) is 15.6. The van der Waals surface area contributed by atoms with Crippen LogP contribution in [0.25, 0.3) is 0 Å². The number of rotatable bonds is 3. The number of benzene rings is 1. The van der Waals surface area contributed by atoms with Crippen molar-refractivity contribution in [3.8, 4) is 18.2 Å². The van der Waals surface area contributed by atoms with Crippen molar-refractivity contribution in [3.05, 3.63) is 35.5 Å². The third-order valence-electron chi connectivity index (χ3n) is 3.09. The van der Waals surface area contributed by atoms with Gasteiger partial charge in [-0.1, -0.05) is 6.07 Å². The van der Waals surface area contributed by atoms with E-state index in [9.17, 15) is 9.59 Å². The van der Waals surface area contributed by atoms with Crippen molar-refractivity contribution < 1.29 is 9.59 Å². The SMILES string of the molecule is CC1NC(=O)N(c2cccc(NC(C#N)=C(C#N)C#N)c2)C1=O. The number of amides is 3. The van der Waals surface area contributed by atoms with Gasteiger partial charge in [-0.2, -0.15) is 15.8 Å². The standard InChI is InChI=1S/C15H10N6O2/c1-9-14(22)21(15(23)19-9)12-4-2-3-11(5-12)20-13(8-18)10(6-16)7-17/h2-5,9,20H,1H3,(H,19,23). The van der Waals surface area contributed by atoms with Gasteiger partial charge >= 0.3 is 6.03 Å². The van der Waals surface area contributed by atoms with E-state index in [0.29, 0.717) is 11.4 Å². The molecule has 1 aromatic rings. The summed E-state index contributed by atoms with van der Waals surface area (Å²) in [5, 5.41) is 31.8. The maximum Gasteiger partial charge on any atom is 0.329 e. The topological polar surface area (TPSA) is 133 Å². The number of carbonyl (C=O) groups is 2. The predicted molar refractivity (Wildman–Crippen MR) is 79.4 cm³/mol. The zero-order chi connectivity index (χ0) is 17.0. The molecule has 0 aromatic heterocycles. The number of hydrogen-bond acceptors (Lipinski definition) is 6. The van der Waals surface area contributed by atoms with Crippen LogP contribution in [0.15, 0.2) is 35.5 Å². The fraction of sp³-hybridized carbons (Fsp3) is 0.133. The van der Waals surface area contributed by atoms with Crippen molar-refractivity contribution >= 4 is 23.3 Å². The van der Waals surface area contributed by atoms with Gasteiger partial charge in [0, 0.05) is 5.69 Å². The molecule has 1 aliphatic heterocycles. The van der Waals surface area contributed by atoms with Crippen molar-refractivity contribution in [1.29, 1.82) is 15.8 Å². The Kier molecular flexibility index (Phi) is 4.26. The molecular weight excluding hydrogens is 296 g/mol. The van der Waals surface area contributed by atoms with Crippen molar-refractivity contribution in [2.24, 2.45) is 0 Å². The molecule has 0 radical (unpaired) electrons. The van der Waals surface area contributed by atoms with Gasteiger partial charge in [0.15, 0.2) is 5.57 Å². The highest BCUT2D eigenvalue weighted by molar-refractivity contribution is 6.21. The van der Waals surface area contributed by atoms with E-state index >= 15 is 0 Å². The van der Waals surface area contributed by atoms with Crippen LogP contribution in [-0.2, 0) is 4.79 Å². The molecule has 0 saturated carbocycles. The molecule has 0 spiro atoms. The molecule has 1 aliphatic rings. The van der Waals surface area contributed by atoms with Gasteiger partial charge in [0.2, 0.25) is 0 Å². The molecule has 1 aromatic carbocycles. The number of imide groups is 1. The Hall–Kier alpha value is -3.83. The highest BCUT2D eigenvalue weighted by atomic mass is 16.2. The minimum absolute atomic E-state index is 0.210. The number of nitrogens with zero attached hydrogens (tertiary/aromatic N) is 4. The first-order chi connectivity index (χ1) is 11.0. The summed E-state index contributed by atoms with van der Waals surface area (Å²) < 4.78 is 0. The van der Waals surface area contributed by atoms with Gasteiger partial charge in [0.25, 0.3) is 5.91 Å². The molecule has 2 N–H and O–H groups in total. The minimum atomic E-state index is -0.613. The summed E-state index contributed by atoms with van der Waals surface area (Å²) in [7, 11) is 0. The highest BCUT2D eigenvalue weighted by Crippen LogP contribution is 2.24. The fourth-order valence-electron chi connectivity index (χ4n) is 2.00. The zero-order valence-corrected chi connectivity index (χ0v) is 12.0. The first-order valence-corrected chi connectivity index (χ1v) is 6.48. The Labute approximate surface area is 131 Å². The van der Waals surface area contributed by atoms with Crippen LogP contribution in [0.4, 0.5) is 16.2 Å². The average Bonchev–Trinajstić information content (AvgIpc) is 2.80. The summed E-state index contributed by atoms with van der Waals surface area (Å²) in [6.45, 7) is 1.57. The molecule has 1 unspecified atom stereocenters. The van der Waals surface area contributed by atoms with Gasteiger partial charge in [-0.3, -0.25) is 4.79 Å². The van der Waals surface area contributed by atoms with Crippen LogP contribution in [-0.4, -0.2) is 18.0 Å². The number of nitrogens with one attached hydrogen (secondary N) is 2. The smallest absolute Gasteiger partial charge is 0.329 e. The van der Waals surface area contributed by atoms with E-state index in [1.165, 1.54) is 6.07 Å². The van der Waals surface area contributed by atoms with Crippen molar-refractivity contribution in [1.82, 2.24) is 5.32 Å². The predicted octanol–water partition coefficient (Wildman–Crippen LogP) is 1.37. The quantitative estimate of drug-likeness (QED) is 0.640. The Morgan fingerprint density at radius 3 is 2.43 bits per heavy atom. The molecule has 23 heavy (non-hydrogen) atoms. The van der Waals surface area contributed by atoms with Gasteiger partial charge in [-0.15, -0.1) is 0 Å². The molecule has 0 aliphatic carbocycles. The number of anilines is 2. The van der Waals surface area contributed by atoms with E-state index in [4.69, 9.17) is 15.8 Å². The van der Waals surface area contributed by atoms with E-state index in [2.05, 4.69) is 10.6 Å². The van der Waals surface area contributed by atoms with E-state index in [0.717, 1.165) is 4.90 Å². The van der Waals surface area contributed by atoms with Crippen LogP contribution in [0.5, 0.6) is 0 Å². The van der Waals surface area contributed by atoms with Gasteiger partial charge in [0.05, 0.1) is 5.69 Å². The minimum Gasteiger partial charge on any atom is -0.345 e. The molecule has 1 saturated heterocycles. The second kappa shape index (κ2) is 6.30. The third kappa shape index (κ3) is 2.94. The normalized spacial score (nSPS) is 15.9. The van der Waals surface area contributed by atoms with Crippen molar-refractivity contribution in [2.45, 2.75) is 13.0 Å². The van der Waals surface area contributed by atoms with Gasteiger partial charge in [0.1, 0.15) is 29.9 Å². The van der Waals surface area contributed by atoms with Gasteiger partial charge in [-0.05, 0) is 25.1 Å². The number of hydrogen-bond donors (Lipinski definition) is 2. The highest BCUT2D eigenvalue weighted by Gasteiger charge is 2.36.